The van der Waals surface area contributed by atoms with Gasteiger partial charge in [0, 0.05) is 50.1 Å². The number of unbranched alkanes of at least 4 members (excludes halogenated alkanes) is 4. The summed E-state index contributed by atoms with van der Waals surface area (Å²) in [6, 6.07) is 2.20. The standard InChI is InChI=1S/C41H60N4O11/c1-24(46)54-34-33(25-13-14-31(48)53-23-25)39(3)19-16-27-28(41(39)35(34)56-41)17-20-40(52)22-26(15-18-38(27,40)2)55-32(49)12-8-6-4-5-7-11-30(47)45-29(36(50)51)10-9-21-44-37(42)43/h13-14,23,26-29,33-35,52H,4-12,15-22H2,1-3H3,(H,45,47)(H,50,51)(H4,42,43,44). The first-order valence-electron chi connectivity index (χ1n) is 20.5. The second kappa shape index (κ2) is 16.5. The van der Waals surface area contributed by atoms with Crippen LogP contribution >= 0.6 is 0 Å². The molecule has 1 spiro atoms. The van der Waals surface area contributed by atoms with E-state index in [4.69, 9.17) is 30.1 Å². The second-order valence-electron chi connectivity index (χ2n) is 17.5. The van der Waals surface area contributed by atoms with Crippen molar-refractivity contribution in [3.05, 3.63) is 34.4 Å². The highest BCUT2D eigenvalue weighted by molar-refractivity contribution is 5.83. The summed E-state index contributed by atoms with van der Waals surface area (Å²) < 4.78 is 23.9. The first kappa shape index (κ1) is 41.6. The van der Waals surface area contributed by atoms with Gasteiger partial charge in [-0.25, -0.2) is 9.59 Å². The Hall–Kier alpha value is -3.98. The van der Waals surface area contributed by atoms with E-state index in [1.165, 1.54) is 19.3 Å². The molecule has 5 aliphatic rings. The van der Waals surface area contributed by atoms with Gasteiger partial charge in [-0.3, -0.25) is 19.4 Å². The first-order chi connectivity index (χ1) is 26.5. The van der Waals surface area contributed by atoms with E-state index in [2.05, 4.69) is 24.2 Å². The Morgan fingerprint density at radius 1 is 0.946 bits per heavy atom. The number of nitrogens with zero attached hydrogens (tertiary/aromatic N) is 1. The molecule has 0 radical (unpaired) electrons. The van der Waals surface area contributed by atoms with E-state index in [1.807, 2.05) is 0 Å². The Balaban J connectivity index is 0.953. The molecule has 310 valence electrons. The van der Waals surface area contributed by atoms with Crippen molar-refractivity contribution in [2.45, 2.75) is 165 Å². The molecule has 5 fully saturated rings. The van der Waals surface area contributed by atoms with Crippen LogP contribution in [-0.4, -0.2) is 82.1 Å². The van der Waals surface area contributed by atoms with E-state index in [1.54, 1.807) is 6.07 Å². The summed E-state index contributed by atoms with van der Waals surface area (Å²) in [5.74, 6) is -1.97. The molecule has 4 aliphatic carbocycles. The van der Waals surface area contributed by atoms with Crippen molar-refractivity contribution in [2.24, 2.45) is 39.1 Å². The fraction of sp³-hybridized carbons (Fsp3) is 0.756. The number of aliphatic carboxylic acids is 1. The highest BCUT2D eigenvalue weighted by Crippen LogP contribution is 2.78. The Morgan fingerprint density at radius 2 is 1.64 bits per heavy atom. The molecule has 2 heterocycles. The van der Waals surface area contributed by atoms with Crippen LogP contribution in [0.1, 0.15) is 135 Å². The molecule has 1 aliphatic heterocycles. The van der Waals surface area contributed by atoms with Crippen LogP contribution in [0.15, 0.2) is 32.6 Å². The van der Waals surface area contributed by atoms with Crippen LogP contribution in [0.3, 0.4) is 0 Å². The van der Waals surface area contributed by atoms with Crippen LogP contribution in [0.2, 0.25) is 0 Å². The van der Waals surface area contributed by atoms with Crippen LogP contribution in [0.5, 0.6) is 0 Å². The largest absolute Gasteiger partial charge is 0.480 e. The first-order valence-corrected chi connectivity index (χ1v) is 20.5. The van der Waals surface area contributed by atoms with E-state index < -0.39 is 40.4 Å². The van der Waals surface area contributed by atoms with E-state index >= 15 is 0 Å². The molecule has 1 aromatic heterocycles. The molecule has 15 nitrogen and oxygen atoms in total. The number of amides is 1. The molecule has 11 atom stereocenters. The number of ether oxygens (including phenoxy) is 3. The van der Waals surface area contributed by atoms with Crippen LogP contribution in [0.4, 0.5) is 0 Å². The number of carboxylic acid groups (broad SMARTS) is 1. The molecule has 0 aromatic carbocycles. The topological polar surface area (TPSA) is 246 Å². The third-order valence-corrected chi connectivity index (χ3v) is 14.3. The van der Waals surface area contributed by atoms with Gasteiger partial charge in [0.25, 0.3) is 0 Å². The number of epoxide rings is 1. The lowest BCUT2D eigenvalue weighted by Gasteiger charge is -2.64. The summed E-state index contributed by atoms with van der Waals surface area (Å²) in [6.45, 7) is 6.13. The minimum absolute atomic E-state index is 0.0606. The van der Waals surface area contributed by atoms with Gasteiger partial charge in [-0.05, 0) is 93.1 Å². The van der Waals surface area contributed by atoms with Crippen molar-refractivity contribution >= 4 is 29.8 Å². The summed E-state index contributed by atoms with van der Waals surface area (Å²) in [5, 5.41) is 24.3. The van der Waals surface area contributed by atoms with Gasteiger partial charge in [0.05, 0.1) is 11.9 Å². The van der Waals surface area contributed by atoms with Gasteiger partial charge in [-0.1, -0.05) is 33.1 Å². The fourth-order valence-electron chi connectivity index (χ4n) is 11.5. The molecule has 56 heavy (non-hydrogen) atoms. The minimum Gasteiger partial charge on any atom is -0.480 e. The van der Waals surface area contributed by atoms with Crippen molar-refractivity contribution in [3.63, 3.8) is 0 Å². The van der Waals surface area contributed by atoms with E-state index in [0.29, 0.717) is 45.1 Å². The zero-order valence-corrected chi connectivity index (χ0v) is 33.0. The maximum atomic E-state index is 12.9. The molecule has 1 saturated heterocycles. The molecular weight excluding hydrogens is 724 g/mol. The third kappa shape index (κ3) is 7.94. The maximum absolute atomic E-state index is 12.9. The number of fused-ring (bicyclic) bond motifs is 3. The van der Waals surface area contributed by atoms with Crippen LogP contribution < -0.4 is 22.4 Å². The average Bonchev–Trinajstić information content (AvgIpc) is 3.83. The Bertz CT molecular complexity index is 1710. The van der Waals surface area contributed by atoms with Gasteiger partial charge >= 0.3 is 23.5 Å². The average molecular weight is 785 g/mol. The van der Waals surface area contributed by atoms with Crippen molar-refractivity contribution in [3.8, 4) is 0 Å². The van der Waals surface area contributed by atoms with Gasteiger partial charge in [0.1, 0.15) is 30.0 Å². The molecule has 11 unspecified atom stereocenters. The van der Waals surface area contributed by atoms with Gasteiger partial charge in [0.15, 0.2) is 5.96 Å². The van der Waals surface area contributed by atoms with E-state index in [9.17, 15) is 34.2 Å². The predicted molar refractivity (Wildman–Crippen MR) is 203 cm³/mol. The van der Waals surface area contributed by atoms with Crippen molar-refractivity contribution < 1.29 is 48.0 Å². The zero-order chi connectivity index (χ0) is 40.5. The minimum atomic E-state index is -1.10. The van der Waals surface area contributed by atoms with Crippen LogP contribution in [0.25, 0.3) is 0 Å². The third-order valence-electron chi connectivity index (χ3n) is 14.3. The number of hydrogen-bond acceptors (Lipinski definition) is 11. The number of rotatable bonds is 17. The molecular formula is C41H60N4O11. The van der Waals surface area contributed by atoms with Crippen molar-refractivity contribution in [2.75, 3.05) is 6.54 Å². The zero-order valence-electron chi connectivity index (χ0n) is 33.0. The SMILES string of the molecule is CC(=O)OC1C(c2ccc(=O)oc2)C2(C)CCC3C(CCC4(O)CC(OC(=O)CCCCCCCC(=O)NC(CCCN=C(N)N)C(=O)O)CCC34C)C23OC13. The van der Waals surface area contributed by atoms with Gasteiger partial charge in [-0.2, -0.15) is 0 Å². The normalized spacial score (nSPS) is 35.7. The van der Waals surface area contributed by atoms with Crippen LogP contribution in [-0.2, 0) is 33.4 Å². The molecule has 15 heteroatoms. The summed E-state index contributed by atoms with van der Waals surface area (Å²) in [6.07, 6.45) is 10.00. The number of guanidine groups is 1. The lowest BCUT2D eigenvalue weighted by molar-refractivity contribution is -0.228. The number of carbonyl (C=O) groups excluding carboxylic acids is 3. The number of carboxylic acids is 1. The number of nitrogens with two attached hydrogens (primary N) is 2. The fourth-order valence-corrected chi connectivity index (χ4v) is 11.5. The smallest absolute Gasteiger partial charge is 0.335 e. The summed E-state index contributed by atoms with van der Waals surface area (Å²) in [4.78, 5) is 64.7. The number of hydrogen-bond donors (Lipinski definition) is 5. The van der Waals surface area contributed by atoms with Crippen LogP contribution in [0, 0.1) is 22.7 Å². The number of aliphatic hydroxyl groups is 1. The molecule has 0 bridgehead atoms. The van der Waals surface area contributed by atoms with Gasteiger partial charge < -0.3 is 45.6 Å². The van der Waals surface area contributed by atoms with Gasteiger partial charge in [0.2, 0.25) is 5.91 Å². The lowest BCUT2D eigenvalue weighted by Crippen LogP contribution is -2.65. The quantitative estimate of drug-likeness (QED) is 0.0496. The second-order valence-corrected chi connectivity index (χ2v) is 17.5. The Labute approximate surface area is 327 Å². The molecule has 1 aromatic rings. The number of nitrogens with one attached hydrogen (secondary N) is 1. The van der Waals surface area contributed by atoms with E-state index in [-0.39, 0.29) is 78.4 Å². The molecule has 7 N–H and O–H groups in total. The maximum Gasteiger partial charge on any atom is 0.335 e. The lowest BCUT2D eigenvalue weighted by atomic mass is 9.42. The molecule has 4 saturated carbocycles. The van der Waals surface area contributed by atoms with Crippen molar-refractivity contribution in [1.29, 1.82) is 0 Å². The van der Waals surface area contributed by atoms with Gasteiger partial charge in [-0.15, -0.1) is 0 Å². The monoisotopic (exact) mass is 784 g/mol. The molecule has 6 rings (SSSR count). The Morgan fingerprint density at radius 3 is 2.32 bits per heavy atom. The number of aliphatic imine (C=N–C) groups is 1. The highest BCUT2D eigenvalue weighted by Gasteiger charge is 2.85. The van der Waals surface area contributed by atoms with Crippen molar-refractivity contribution in [1.82, 2.24) is 5.32 Å². The number of esters is 2. The highest BCUT2D eigenvalue weighted by atomic mass is 16.7. The summed E-state index contributed by atoms with van der Waals surface area (Å²) in [7, 11) is 0. The van der Waals surface area contributed by atoms with E-state index in [0.717, 1.165) is 50.5 Å². The molecule has 1 amide bonds. The number of carbonyl (C=O) groups is 4. The Kier molecular flexibility index (Phi) is 12.3. The predicted octanol–water partition coefficient (Wildman–Crippen LogP) is 3.82. The summed E-state index contributed by atoms with van der Waals surface area (Å²) in [5.41, 5.74) is 8.68. The summed E-state index contributed by atoms with van der Waals surface area (Å²) >= 11 is 0.